The third-order valence-corrected chi connectivity index (χ3v) is 12.7. The van der Waals surface area contributed by atoms with Crippen LogP contribution in [-0.4, -0.2) is 274 Å². The van der Waals surface area contributed by atoms with E-state index in [1.54, 1.807) is 0 Å². The van der Waals surface area contributed by atoms with E-state index < -0.39 is 48.6 Å². The molecule has 0 bridgehead atoms. The van der Waals surface area contributed by atoms with Gasteiger partial charge in [0.15, 0.2) is 0 Å². The third-order valence-electron chi connectivity index (χ3n) is 12.7. The molecule has 96 heavy (non-hydrogen) atoms. The van der Waals surface area contributed by atoms with Crippen molar-refractivity contribution < 1.29 is 115 Å². The fourth-order valence-electron chi connectivity index (χ4n) is 7.69. The number of oxime groups is 12. The Morgan fingerprint density at radius 2 is 0.396 bits per heavy atom. The molecule has 0 aromatic rings. The molecular weight excluding hydrogens is 1290 g/mol. The fraction of sp³-hybridized carbons (Fsp3) is 0.755. The van der Waals surface area contributed by atoms with Crippen LogP contribution in [0.3, 0.4) is 0 Å². The normalized spacial score (nSPS) is 16.5. The summed E-state index contributed by atoms with van der Waals surface area (Å²) < 4.78 is 66.3. The van der Waals surface area contributed by atoms with Crippen LogP contribution in [0.4, 0.5) is 0 Å². The van der Waals surface area contributed by atoms with Crippen molar-refractivity contribution >= 4 is 70.0 Å². The first-order valence-corrected chi connectivity index (χ1v) is 29.3. The Morgan fingerprint density at radius 1 is 0.219 bits per heavy atom. The van der Waals surface area contributed by atoms with Crippen LogP contribution < -0.4 is 68.8 Å². The van der Waals surface area contributed by atoms with Gasteiger partial charge >= 0.3 is 0 Å². The van der Waals surface area contributed by atoms with Crippen LogP contribution in [0.1, 0.15) is 89.9 Å². The standard InChI is InChI=1S/C25H52N12O11.C24H50N12O12/c26-19(32-38)3-1-2-16(17(46-11-6-22(29)35-41)14-44-9-4-20(27)33-39)25(48-13-8-24(31)37-43)18(47-12-7-23(30)36-42)15-45-10-5-21(28)34-40;25-17(31-37)1-7-43-13-15(45-9-3-19(27)33-39)23(47-11-5-21(29)35-41)24(48-12-6-22(30)36-42)16(46-10-4-20(28)34-40)14-44-8-2-18(26)32-38/h16-18,25,38-43H,1-15H2,(H2,26,32)(H2,27,33)(H2,28,34)(H2,29,35)(H2,30,36)(H2,31,37);15-16,23-24,37-42H,1-14H2,(H2,25,31)(H2,26,32)(H2,27,33)(H2,28,34)(H2,29,35)(H2,30,36). The molecule has 0 spiro atoms. The van der Waals surface area contributed by atoms with Gasteiger partial charge in [0.05, 0.1) is 111 Å². The predicted octanol–water partition coefficient (Wildman–Crippen LogP) is -4.23. The Balaban J connectivity index is 0. The molecule has 47 heteroatoms. The van der Waals surface area contributed by atoms with Crippen molar-refractivity contribution in [2.24, 2.45) is 137 Å². The van der Waals surface area contributed by atoms with Crippen molar-refractivity contribution in [1.82, 2.24) is 0 Å². The lowest BCUT2D eigenvalue weighted by Gasteiger charge is -2.38. The zero-order valence-corrected chi connectivity index (χ0v) is 53.3. The van der Waals surface area contributed by atoms with E-state index >= 15 is 0 Å². The van der Waals surface area contributed by atoms with Gasteiger partial charge in [0.1, 0.15) is 101 Å². The van der Waals surface area contributed by atoms with Crippen LogP contribution in [0, 0.1) is 5.92 Å². The van der Waals surface area contributed by atoms with Crippen LogP contribution in [0.15, 0.2) is 61.9 Å². The molecule has 0 saturated heterocycles. The summed E-state index contributed by atoms with van der Waals surface area (Å²) in [5.41, 5.74) is 67.5. The molecule has 0 aromatic carbocycles. The second kappa shape index (κ2) is 58.4. The monoisotopic (exact) mass is 1390 g/mol. The van der Waals surface area contributed by atoms with Gasteiger partial charge in [-0.1, -0.05) is 61.9 Å². The Labute approximate surface area is 551 Å². The van der Waals surface area contributed by atoms with Gasteiger partial charge in [-0.3, -0.25) is 0 Å². The van der Waals surface area contributed by atoms with Crippen molar-refractivity contribution in [3.8, 4) is 0 Å². The maximum absolute atomic E-state index is 9.10. The lowest BCUT2D eigenvalue weighted by Crippen LogP contribution is -2.53. The van der Waals surface area contributed by atoms with Crippen molar-refractivity contribution in [2.45, 2.75) is 133 Å². The predicted molar refractivity (Wildman–Crippen MR) is 340 cm³/mol. The van der Waals surface area contributed by atoms with Crippen LogP contribution in [0.2, 0.25) is 0 Å². The number of hydrogen-bond acceptors (Lipinski definition) is 35. The highest BCUT2D eigenvalue weighted by molar-refractivity contribution is 5.83. The number of hydrogen-bond donors (Lipinski definition) is 24. The van der Waals surface area contributed by atoms with Gasteiger partial charge < -0.3 is 183 Å². The van der Waals surface area contributed by atoms with E-state index in [1.165, 1.54) is 0 Å². The molecule has 0 fully saturated rings. The minimum Gasteiger partial charge on any atom is -0.409 e. The van der Waals surface area contributed by atoms with E-state index in [0.717, 1.165) is 0 Å². The highest BCUT2D eigenvalue weighted by Gasteiger charge is 2.40. The summed E-state index contributed by atoms with van der Waals surface area (Å²) in [5, 5.41) is 143. The van der Waals surface area contributed by atoms with E-state index in [9.17, 15) is 0 Å². The van der Waals surface area contributed by atoms with E-state index in [1.807, 2.05) is 0 Å². The third kappa shape index (κ3) is 45.2. The largest absolute Gasteiger partial charge is 0.409 e. The quantitative estimate of drug-likeness (QED) is 0.00902. The Bertz CT molecular complexity index is 2090. The number of nitrogens with zero attached hydrogens (tertiary/aromatic N) is 12. The summed E-state index contributed by atoms with van der Waals surface area (Å²) in [7, 11) is 0. The lowest BCUT2D eigenvalue weighted by atomic mass is 9.87. The van der Waals surface area contributed by atoms with Gasteiger partial charge in [0, 0.05) is 83.0 Å². The van der Waals surface area contributed by atoms with Crippen LogP contribution in [0.25, 0.3) is 0 Å². The summed E-state index contributed by atoms with van der Waals surface area (Å²) in [6.07, 6.45) is -5.51. The Morgan fingerprint density at radius 3 is 0.635 bits per heavy atom. The van der Waals surface area contributed by atoms with Gasteiger partial charge in [0.2, 0.25) is 0 Å². The molecule has 0 heterocycles. The topological polar surface area (TPSA) is 805 Å². The molecule has 8 atom stereocenters. The highest BCUT2D eigenvalue weighted by atomic mass is 16.6. The first-order valence-electron chi connectivity index (χ1n) is 29.3. The molecule has 47 nitrogen and oxygen atoms in total. The molecule has 0 aliphatic rings. The summed E-state index contributed by atoms with van der Waals surface area (Å²) in [6, 6.07) is 0. The molecule has 0 rings (SSSR count). The summed E-state index contributed by atoms with van der Waals surface area (Å²) >= 11 is 0. The van der Waals surface area contributed by atoms with Crippen molar-refractivity contribution in [3.05, 3.63) is 0 Å². The van der Waals surface area contributed by atoms with Crippen molar-refractivity contribution in [3.63, 3.8) is 0 Å². The summed E-state index contributed by atoms with van der Waals surface area (Å²) in [5.74, 6) is -1.72. The number of nitrogens with two attached hydrogens (primary N) is 12. The average molecular weight is 1400 g/mol. The maximum atomic E-state index is 9.10. The van der Waals surface area contributed by atoms with Crippen LogP contribution in [-0.2, 0) is 52.1 Å². The molecule has 0 aliphatic carbocycles. The number of amidine groups is 12. The number of ether oxygens (including phenoxy) is 11. The van der Waals surface area contributed by atoms with Gasteiger partial charge in [-0.2, -0.15) is 0 Å². The lowest BCUT2D eigenvalue weighted by molar-refractivity contribution is -0.194. The van der Waals surface area contributed by atoms with E-state index in [4.69, 9.17) is 183 Å². The molecule has 8 unspecified atom stereocenters. The molecule has 0 aromatic heterocycles. The minimum atomic E-state index is -1.11. The molecule has 36 N–H and O–H groups in total. The first kappa shape index (κ1) is 88.9. The van der Waals surface area contributed by atoms with Crippen molar-refractivity contribution in [2.75, 3.05) is 99.1 Å². The van der Waals surface area contributed by atoms with Gasteiger partial charge in [-0.05, 0) is 12.8 Å². The zero-order valence-electron chi connectivity index (χ0n) is 53.3. The maximum Gasteiger partial charge on any atom is 0.141 e. The molecule has 0 radical (unpaired) electrons. The van der Waals surface area contributed by atoms with E-state index in [2.05, 4.69) is 61.9 Å². The molecule has 0 amide bonds. The molecular formula is C49H102N24O23. The molecule has 0 aliphatic heterocycles. The van der Waals surface area contributed by atoms with Gasteiger partial charge in [-0.15, -0.1) is 0 Å². The summed E-state index contributed by atoms with van der Waals surface area (Å²) in [6.45, 7) is -0.956. The minimum absolute atomic E-state index is 0.000375. The Kier molecular flexibility index (Phi) is 54.0. The second-order valence-electron chi connectivity index (χ2n) is 19.8. The number of rotatable bonds is 58. The first-order chi connectivity index (χ1) is 46.1. The smallest absolute Gasteiger partial charge is 0.141 e. The van der Waals surface area contributed by atoms with Gasteiger partial charge in [-0.25, -0.2) is 0 Å². The van der Waals surface area contributed by atoms with E-state index in [0.29, 0.717) is 12.8 Å². The molecule has 0 saturated carbocycles. The summed E-state index contributed by atoms with van der Waals surface area (Å²) in [4.78, 5) is 0. The zero-order chi connectivity index (χ0) is 72.3. The van der Waals surface area contributed by atoms with Crippen molar-refractivity contribution in [1.29, 1.82) is 0 Å². The van der Waals surface area contributed by atoms with Crippen LogP contribution in [0.5, 0.6) is 0 Å². The van der Waals surface area contributed by atoms with Crippen LogP contribution >= 0.6 is 0 Å². The fourth-order valence-corrected chi connectivity index (χ4v) is 7.69. The average Bonchev–Trinajstić information content (AvgIpc) is 0.864. The second-order valence-corrected chi connectivity index (χ2v) is 19.8. The van der Waals surface area contributed by atoms with E-state index in [-0.39, 0.29) is 246 Å². The Hall–Kier alpha value is -9.20. The highest BCUT2D eigenvalue weighted by Crippen LogP contribution is 2.28. The molecule has 556 valence electrons. The van der Waals surface area contributed by atoms with Gasteiger partial charge in [0.25, 0.3) is 0 Å². The SMILES string of the molecule is NC(CCCC(C(COCCC(N)=NO)OCCC(N)=NO)C(OCCC(N)=NO)C(COCC/C(N)=N/O)OCCC(N)=NO)=NO.NC(CCOCC(OCCC(N)=NO)C(OCCC(N)=NO)C(OCCC(N)=NO)C(COCC/C(N)=N/O)OCCC(N)=NO)=NO.